The molecular formula is C22H29KO4S. The van der Waals surface area contributed by atoms with E-state index in [0.717, 1.165) is 19.3 Å². The second-order valence-corrected chi connectivity index (χ2v) is 8.21. The number of para-hydroxylation sites is 1. The van der Waals surface area contributed by atoms with E-state index < -0.39 is 10.1 Å². The molecule has 0 saturated carbocycles. The van der Waals surface area contributed by atoms with Crippen LogP contribution in [0.5, 0.6) is 11.5 Å². The minimum Gasteiger partial charge on any atom is -0.744 e. The third kappa shape index (κ3) is 9.52. The second-order valence-electron chi connectivity index (χ2n) is 6.86. The fraction of sp³-hybridized carbons (Fsp3) is 0.455. The molecule has 0 radical (unpaired) electrons. The summed E-state index contributed by atoms with van der Waals surface area (Å²) in [6.07, 6.45) is 9.99. The van der Waals surface area contributed by atoms with E-state index in [1.54, 1.807) is 24.3 Å². The minimum absolute atomic E-state index is 0. The number of aryl methyl sites for hydroxylation is 1. The first-order valence-corrected chi connectivity index (χ1v) is 11.2. The maximum atomic E-state index is 11.7. The smallest absolute Gasteiger partial charge is 0.744 e. The van der Waals surface area contributed by atoms with Crippen LogP contribution in [0.25, 0.3) is 0 Å². The van der Waals surface area contributed by atoms with Gasteiger partial charge in [-0.25, -0.2) is 8.42 Å². The average molecular weight is 429 g/mol. The van der Waals surface area contributed by atoms with Gasteiger partial charge in [0.25, 0.3) is 0 Å². The van der Waals surface area contributed by atoms with E-state index >= 15 is 0 Å². The van der Waals surface area contributed by atoms with Gasteiger partial charge in [0.15, 0.2) is 0 Å². The Bertz CT molecular complexity index is 791. The van der Waals surface area contributed by atoms with Crippen molar-refractivity contribution in [2.24, 2.45) is 0 Å². The molecule has 0 unspecified atom stereocenters. The molecule has 0 spiro atoms. The van der Waals surface area contributed by atoms with Crippen molar-refractivity contribution in [3.63, 3.8) is 0 Å². The van der Waals surface area contributed by atoms with Crippen LogP contribution in [-0.4, -0.2) is 13.0 Å². The number of hydrogen-bond donors (Lipinski definition) is 0. The summed E-state index contributed by atoms with van der Waals surface area (Å²) >= 11 is 0. The summed E-state index contributed by atoms with van der Waals surface area (Å²) in [4.78, 5) is -0.168. The Morgan fingerprint density at radius 3 is 2.04 bits per heavy atom. The van der Waals surface area contributed by atoms with Crippen LogP contribution in [0.3, 0.4) is 0 Å². The maximum Gasteiger partial charge on any atom is 1.00 e. The summed E-state index contributed by atoms with van der Waals surface area (Å²) in [5.41, 5.74) is 0.580. The molecule has 6 heteroatoms. The third-order valence-electron chi connectivity index (χ3n) is 4.59. The summed E-state index contributed by atoms with van der Waals surface area (Å²) in [5, 5.41) is 0. The van der Waals surface area contributed by atoms with E-state index in [2.05, 4.69) is 6.92 Å². The summed E-state index contributed by atoms with van der Waals surface area (Å²) in [5.74, 6) is 0.956. The monoisotopic (exact) mass is 428 g/mol. The first-order valence-electron chi connectivity index (χ1n) is 9.82. The van der Waals surface area contributed by atoms with Gasteiger partial charge in [-0.3, -0.25) is 0 Å². The Morgan fingerprint density at radius 1 is 0.821 bits per heavy atom. The number of ether oxygens (including phenoxy) is 1. The Balaban J connectivity index is 0.00000392. The van der Waals surface area contributed by atoms with Crippen LogP contribution in [-0.2, 0) is 16.5 Å². The van der Waals surface area contributed by atoms with E-state index in [9.17, 15) is 13.0 Å². The number of rotatable bonds is 12. The largest absolute Gasteiger partial charge is 1.00 e. The zero-order valence-electron chi connectivity index (χ0n) is 17.0. The standard InChI is InChI=1S/C22H30O4S.K/c1-2-3-4-5-6-7-8-10-13-19-16-17-21(18-22(19)27(23,24)25)26-20-14-11-9-12-15-20;/h9,11-12,14-18H,2-8,10,13H2,1H3,(H,23,24,25);/q;+1/p-1. The molecule has 28 heavy (non-hydrogen) atoms. The quantitative estimate of drug-likeness (QED) is 0.296. The van der Waals surface area contributed by atoms with Gasteiger partial charge in [-0.2, -0.15) is 0 Å². The van der Waals surface area contributed by atoms with Crippen molar-refractivity contribution in [1.29, 1.82) is 0 Å². The summed E-state index contributed by atoms with van der Waals surface area (Å²) < 4.78 is 40.7. The summed E-state index contributed by atoms with van der Waals surface area (Å²) in [6, 6.07) is 13.8. The molecule has 0 heterocycles. The first-order chi connectivity index (χ1) is 13.0. The molecule has 0 bridgehead atoms. The molecule has 148 valence electrons. The van der Waals surface area contributed by atoms with Crippen LogP contribution in [0.1, 0.15) is 63.9 Å². The van der Waals surface area contributed by atoms with Gasteiger partial charge in [-0.15, -0.1) is 0 Å². The molecule has 2 rings (SSSR count). The molecule has 4 nitrogen and oxygen atoms in total. The van der Waals surface area contributed by atoms with Gasteiger partial charge in [0.1, 0.15) is 21.6 Å². The molecule has 0 aliphatic heterocycles. The fourth-order valence-electron chi connectivity index (χ4n) is 3.11. The summed E-state index contributed by atoms with van der Waals surface area (Å²) in [6.45, 7) is 2.21. The van der Waals surface area contributed by atoms with E-state index in [4.69, 9.17) is 4.74 Å². The van der Waals surface area contributed by atoms with Crippen molar-refractivity contribution in [3.8, 4) is 11.5 Å². The average Bonchev–Trinajstić information content (AvgIpc) is 2.65. The van der Waals surface area contributed by atoms with E-state index in [1.165, 1.54) is 38.2 Å². The van der Waals surface area contributed by atoms with Crippen LogP contribution in [0.15, 0.2) is 53.4 Å². The van der Waals surface area contributed by atoms with Gasteiger partial charge >= 0.3 is 51.4 Å². The Labute approximate surface area is 212 Å². The first kappa shape index (κ1) is 25.8. The van der Waals surface area contributed by atoms with Crippen molar-refractivity contribution in [3.05, 3.63) is 54.1 Å². The zero-order valence-corrected chi connectivity index (χ0v) is 21.0. The molecule has 0 amide bonds. The summed E-state index contributed by atoms with van der Waals surface area (Å²) in [7, 11) is -4.54. The predicted octanol–water partition coefficient (Wildman–Crippen LogP) is 3.07. The van der Waals surface area contributed by atoms with Crippen molar-refractivity contribution < 1.29 is 69.1 Å². The molecule has 0 aromatic heterocycles. The predicted molar refractivity (Wildman–Crippen MR) is 107 cm³/mol. The van der Waals surface area contributed by atoms with Crippen molar-refractivity contribution in [1.82, 2.24) is 0 Å². The molecule has 0 atom stereocenters. The topological polar surface area (TPSA) is 66.4 Å². The van der Waals surface area contributed by atoms with E-state index in [1.807, 2.05) is 18.2 Å². The molecular weight excluding hydrogens is 399 g/mol. The molecule has 0 aliphatic carbocycles. The van der Waals surface area contributed by atoms with Crippen LogP contribution in [0.4, 0.5) is 0 Å². The third-order valence-corrected chi connectivity index (χ3v) is 5.51. The number of hydrogen-bond acceptors (Lipinski definition) is 4. The van der Waals surface area contributed by atoms with Gasteiger partial charge < -0.3 is 9.29 Å². The van der Waals surface area contributed by atoms with Gasteiger partial charge in [0, 0.05) is 0 Å². The van der Waals surface area contributed by atoms with Gasteiger partial charge in [0.05, 0.1) is 4.90 Å². The van der Waals surface area contributed by atoms with Crippen LogP contribution in [0.2, 0.25) is 0 Å². The molecule has 0 N–H and O–H groups in total. The van der Waals surface area contributed by atoms with Crippen LogP contribution in [0, 0.1) is 0 Å². The van der Waals surface area contributed by atoms with Crippen LogP contribution >= 0.6 is 0 Å². The molecule has 0 saturated heterocycles. The van der Waals surface area contributed by atoms with Gasteiger partial charge in [-0.05, 0) is 42.7 Å². The normalized spacial score (nSPS) is 11.1. The van der Waals surface area contributed by atoms with Crippen molar-refractivity contribution in [2.45, 2.75) is 69.6 Å². The maximum absolute atomic E-state index is 11.7. The molecule has 2 aromatic carbocycles. The van der Waals surface area contributed by atoms with E-state index in [0.29, 0.717) is 23.5 Å². The Kier molecular flexibility index (Phi) is 12.8. The van der Waals surface area contributed by atoms with Crippen LogP contribution < -0.4 is 56.1 Å². The Morgan fingerprint density at radius 2 is 1.43 bits per heavy atom. The van der Waals surface area contributed by atoms with E-state index in [-0.39, 0.29) is 56.3 Å². The molecule has 2 aromatic rings. The fourth-order valence-corrected chi connectivity index (χ4v) is 3.86. The van der Waals surface area contributed by atoms with Gasteiger partial charge in [0.2, 0.25) is 0 Å². The van der Waals surface area contributed by atoms with Gasteiger partial charge in [-0.1, -0.05) is 76.1 Å². The van der Waals surface area contributed by atoms with Crippen molar-refractivity contribution >= 4 is 10.1 Å². The number of unbranched alkanes of at least 4 members (excludes halogenated alkanes) is 7. The minimum atomic E-state index is -4.54. The zero-order chi connectivity index (χ0) is 19.5. The molecule has 0 aliphatic rings. The number of benzene rings is 2. The second kappa shape index (κ2) is 13.9. The van der Waals surface area contributed by atoms with Crippen molar-refractivity contribution in [2.75, 3.05) is 0 Å². The molecule has 0 fully saturated rings. The Hall–Kier alpha value is -0.214. The SMILES string of the molecule is CCCCCCCCCCc1ccc(Oc2ccccc2)cc1S(=O)(=O)[O-].[K+].